The Morgan fingerprint density at radius 3 is 2.20 bits per heavy atom. The first-order chi connectivity index (χ1) is 25.6. The minimum Gasteiger partial charge on any atom is -0.458 e. The third-order valence-electron chi connectivity index (χ3n) is 12.8. The predicted molar refractivity (Wildman–Crippen MR) is 196 cm³/mol. The molecule has 18 atom stereocenters. The summed E-state index contributed by atoms with van der Waals surface area (Å²) in [5, 5.41) is 12.6. The number of hydrogen-bond donors (Lipinski definition) is 1. The summed E-state index contributed by atoms with van der Waals surface area (Å²) in [6, 6.07) is -0.245. The van der Waals surface area contributed by atoms with Crippen LogP contribution >= 0.6 is 0 Å². The van der Waals surface area contributed by atoms with Crippen molar-refractivity contribution < 1.29 is 66.9 Å². The van der Waals surface area contributed by atoms with Crippen LogP contribution in [-0.4, -0.2) is 134 Å². The Hall–Kier alpha value is -2.11. The van der Waals surface area contributed by atoms with Crippen LogP contribution in [0.4, 0.5) is 4.79 Å². The van der Waals surface area contributed by atoms with Crippen molar-refractivity contribution in [2.45, 2.75) is 192 Å². The van der Waals surface area contributed by atoms with Crippen molar-refractivity contribution in [3.05, 3.63) is 0 Å². The number of hydrogen-bond acceptors (Lipinski definition) is 15. The molecule has 5 rings (SSSR count). The lowest BCUT2D eigenvalue weighted by molar-refractivity contribution is -0.334. The first-order valence-electron chi connectivity index (χ1n) is 20.2. The lowest BCUT2D eigenvalue weighted by Crippen LogP contribution is -2.60. The standard InChI is InChI=1S/C40H67NO14/c1-14-15-28-33-31(52-37(44)53-33)25(7)40(45)20(2)17-39(10,55-40)34(54-36-32(49-26(8)42)27(41(11)12)16-21(3)48-36)23(5)30(24(6)35(43)50-28)51-29-19-38(9,46-13)18-22(4)47-29/h20-25,27-34,36,45H,14-19H2,1-13H3/t20-,21?,22?,23+,24-,25-,27?,28-,29?,30+,31-,32?,33-,34-,36?,38?,39?,40?/m1/s1. The van der Waals surface area contributed by atoms with Gasteiger partial charge in [-0.05, 0) is 68.0 Å². The average molecular weight is 786 g/mol. The molecule has 5 saturated heterocycles. The smallest absolute Gasteiger partial charge is 0.458 e. The third kappa shape index (κ3) is 9.14. The van der Waals surface area contributed by atoms with E-state index in [4.69, 9.17) is 47.4 Å². The van der Waals surface area contributed by atoms with Crippen LogP contribution in [0.1, 0.15) is 108 Å². The second-order valence-corrected chi connectivity index (χ2v) is 17.6. The molecule has 1 N–H and O–H groups in total. The Bertz CT molecular complexity index is 1370. The van der Waals surface area contributed by atoms with E-state index < -0.39 is 108 Å². The molecule has 0 saturated carbocycles. The van der Waals surface area contributed by atoms with Gasteiger partial charge in [-0.2, -0.15) is 0 Å². The van der Waals surface area contributed by atoms with Gasteiger partial charge in [-0.15, -0.1) is 0 Å². The highest BCUT2D eigenvalue weighted by Gasteiger charge is 2.64. The van der Waals surface area contributed by atoms with E-state index in [0.717, 1.165) is 0 Å². The van der Waals surface area contributed by atoms with E-state index in [-0.39, 0.29) is 18.2 Å². The molecule has 5 aliphatic heterocycles. The predicted octanol–water partition coefficient (Wildman–Crippen LogP) is 4.73. The van der Waals surface area contributed by atoms with Crippen molar-refractivity contribution in [2.24, 2.45) is 23.7 Å². The maximum absolute atomic E-state index is 14.4. The van der Waals surface area contributed by atoms with Gasteiger partial charge in [0.2, 0.25) is 0 Å². The van der Waals surface area contributed by atoms with Crippen molar-refractivity contribution in [3.8, 4) is 0 Å². The van der Waals surface area contributed by atoms with E-state index in [9.17, 15) is 19.5 Å². The van der Waals surface area contributed by atoms with Gasteiger partial charge in [-0.3, -0.25) is 9.59 Å². The molecule has 0 radical (unpaired) electrons. The zero-order chi connectivity index (χ0) is 40.8. The lowest BCUT2D eigenvalue weighted by Gasteiger charge is -2.48. The Morgan fingerprint density at radius 1 is 0.909 bits per heavy atom. The molecular weight excluding hydrogens is 718 g/mol. The zero-order valence-corrected chi connectivity index (χ0v) is 35.1. The molecular formula is C40H67NO14. The molecule has 316 valence electrons. The lowest BCUT2D eigenvalue weighted by atomic mass is 9.77. The van der Waals surface area contributed by atoms with E-state index in [1.54, 1.807) is 21.0 Å². The van der Waals surface area contributed by atoms with Gasteiger partial charge in [0.25, 0.3) is 0 Å². The molecule has 15 nitrogen and oxygen atoms in total. The maximum Gasteiger partial charge on any atom is 0.509 e. The summed E-state index contributed by atoms with van der Waals surface area (Å²) in [4.78, 5) is 41.7. The summed E-state index contributed by atoms with van der Waals surface area (Å²) in [5.41, 5.74) is -1.79. The van der Waals surface area contributed by atoms with E-state index in [1.165, 1.54) is 6.92 Å². The second-order valence-electron chi connectivity index (χ2n) is 17.6. The number of nitrogens with zero attached hydrogens (tertiary/aromatic N) is 1. The Kier molecular flexibility index (Phi) is 13.6. The number of aliphatic hydroxyl groups is 1. The monoisotopic (exact) mass is 785 g/mol. The third-order valence-corrected chi connectivity index (χ3v) is 12.8. The molecule has 9 unspecified atom stereocenters. The van der Waals surface area contributed by atoms with Crippen LogP contribution in [0.15, 0.2) is 0 Å². The second kappa shape index (κ2) is 17.0. The number of fused-ring (bicyclic) bond motifs is 3. The van der Waals surface area contributed by atoms with Crippen LogP contribution < -0.4 is 0 Å². The molecule has 0 spiro atoms. The molecule has 5 fully saturated rings. The summed E-state index contributed by atoms with van der Waals surface area (Å²) in [6.45, 7) is 18.3. The van der Waals surface area contributed by atoms with Crippen molar-refractivity contribution in [1.29, 1.82) is 0 Å². The average Bonchev–Trinajstić information content (AvgIpc) is 3.60. The topological polar surface area (TPSA) is 167 Å². The SMILES string of the molecule is CCC[C@H]1OC(=O)[C@H](C)[C@@H](OC2CC(C)(OC)CC(C)O2)[C@H](C)[C@@H](OC2OC(C)CC(N(C)C)C2OC(C)=O)C2(C)C[C@@H](C)C(O)(O2)[C@H](C)[C@H]2OC(=O)O[C@@H]21. The van der Waals surface area contributed by atoms with Crippen molar-refractivity contribution >= 4 is 18.1 Å². The van der Waals surface area contributed by atoms with Crippen LogP contribution in [0.5, 0.6) is 0 Å². The number of carbonyl (C=O) groups excluding carboxylic acids is 3. The number of cyclic esters (lactones) is 1. The fourth-order valence-electron chi connectivity index (χ4n) is 9.86. The largest absolute Gasteiger partial charge is 0.509 e. The maximum atomic E-state index is 14.4. The minimum absolute atomic E-state index is 0.205. The Morgan fingerprint density at radius 2 is 1.58 bits per heavy atom. The van der Waals surface area contributed by atoms with E-state index in [0.29, 0.717) is 38.5 Å². The van der Waals surface area contributed by atoms with Gasteiger partial charge < -0.3 is 57.4 Å². The number of ether oxygens (including phenoxy) is 10. The van der Waals surface area contributed by atoms with Crippen LogP contribution in [-0.2, 0) is 57.0 Å². The number of esters is 2. The molecule has 0 amide bonds. The van der Waals surface area contributed by atoms with Crippen LogP contribution in [0, 0.1) is 23.7 Å². The van der Waals surface area contributed by atoms with Gasteiger partial charge in [0, 0.05) is 38.7 Å². The minimum atomic E-state index is -1.84. The molecule has 2 bridgehead atoms. The first-order valence-corrected chi connectivity index (χ1v) is 20.2. The Balaban J connectivity index is 1.65. The van der Waals surface area contributed by atoms with Gasteiger partial charge in [-0.1, -0.05) is 34.1 Å². The normalized spacial score (nSPS) is 48.1. The summed E-state index contributed by atoms with van der Waals surface area (Å²) in [7, 11) is 5.49. The van der Waals surface area contributed by atoms with Crippen molar-refractivity contribution in [1.82, 2.24) is 4.90 Å². The number of likely N-dealkylation sites (N-methyl/N-ethyl adjacent to an activating group) is 1. The van der Waals surface area contributed by atoms with E-state index >= 15 is 0 Å². The highest BCUT2D eigenvalue weighted by Crippen LogP contribution is 2.52. The van der Waals surface area contributed by atoms with Gasteiger partial charge in [0.15, 0.2) is 36.7 Å². The fraction of sp³-hybridized carbons (Fsp3) is 0.925. The van der Waals surface area contributed by atoms with Crippen LogP contribution in [0.2, 0.25) is 0 Å². The van der Waals surface area contributed by atoms with Gasteiger partial charge in [0.1, 0.15) is 6.10 Å². The molecule has 0 aromatic heterocycles. The summed E-state index contributed by atoms with van der Waals surface area (Å²) in [6.07, 6.45) is -5.82. The molecule has 0 aliphatic carbocycles. The highest BCUT2D eigenvalue weighted by molar-refractivity contribution is 5.73. The summed E-state index contributed by atoms with van der Waals surface area (Å²) >= 11 is 0. The van der Waals surface area contributed by atoms with E-state index in [1.807, 2.05) is 67.5 Å². The van der Waals surface area contributed by atoms with E-state index in [2.05, 4.69) is 0 Å². The summed E-state index contributed by atoms with van der Waals surface area (Å²) < 4.78 is 63.2. The molecule has 5 heterocycles. The number of methoxy groups -OCH3 is 1. The van der Waals surface area contributed by atoms with Crippen molar-refractivity contribution in [2.75, 3.05) is 21.2 Å². The molecule has 0 aromatic carbocycles. The van der Waals surface area contributed by atoms with Gasteiger partial charge in [0.05, 0.1) is 53.5 Å². The first kappa shape index (κ1) is 44.0. The summed E-state index contributed by atoms with van der Waals surface area (Å²) in [5.74, 6) is -5.77. The number of carbonyl (C=O) groups is 3. The quantitative estimate of drug-likeness (QED) is 0.252. The molecule has 55 heavy (non-hydrogen) atoms. The molecule has 0 aromatic rings. The zero-order valence-electron chi connectivity index (χ0n) is 35.1. The van der Waals surface area contributed by atoms with Gasteiger partial charge in [-0.25, -0.2) is 4.79 Å². The molecule has 5 aliphatic rings. The van der Waals surface area contributed by atoms with Crippen LogP contribution in [0.3, 0.4) is 0 Å². The molecule has 15 heteroatoms. The van der Waals surface area contributed by atoms with Gasteiger partial charge >= 0.3 is 18.1 Å². The highest BCUT2D eigenvalue weighted by atomic mass is 16.8. The van der Waals surface area contributed by atoms with Crippen LogP contribution in [0.25, 0.3) is 0 Å². The number of rotatable bonds is 9. The Labute approximate surface area is 326 Å². The fourth-order valence-corrected chi connectivity index (χ4v) is 9.86. The van der Waals surface area contributed by atoms with Crippen molar-refractivity contribution in [3.63, 3.8) is 0 Å².